The highest BCUT2D eigenvalue weighted by Gasteiger charge is 2.11. The summed E-state index contributed by atoms with van der Waals surface area (Å²) in [6, 6.07) is 7.53. The third kappa shape index (κ3) is 7.91. The van der Waals surface area contributed by atoms with E-state index in [1.54, 1.807) is 44.0 Å². The van der Waals surface area contributed by atoms with Crippen molar-refractivity contribution < 1.29 is 14.3 Å². The Hall–Kier alpha value is -3.21. The molecule has 182 valence electrons. The second-order valence-electron chi connectivity index (χ2n) is 7.28. The first-order valence-corrected chi connectivity index (χ1v) is 12.6. The van der Waals surface area contributed by atoms with E-state index < -0.39 is 0 Å². The topological polar surface area (TPSA) is 98.6 Å². The highest BCUT2D eigenvalue weighted by molar-refractivity contribution is 8.02. The standard InChI is InChI=1S/C25H27N5O3S2/c1-17-11-20(35-23-14-28-22(13-29-23)33-10-9-32-4)12-18(2)24(17)21(26-3)15-34-16-30-25(31)19-5-7-27-8-6-19/h5-8,11-15H,3,9-10,16H2,1-2,4H3,(H,30,31)/b21-15-. The van der Waals surface area contributed by atoms with Gasteiger partial charge in [-0.1, -0.05) is 11.8 Å². The molecule has 1 aromatic carbocycles. The van der Waals surface area contributed by atoms with Crippen molar-refractivity contribution in [3.05, 3.63) is 76.7 Å². The fourth-order valence-corrected chi connectivity index (χ4v) is 4.75. The maximum atomic E-state index is 12.2. The fourth-order valence-electron chi connectivity index (χ4n) is 3.18. The van der Waals surface area contributed by atoms with Gasteiger partial charge in [0.15, 0.2) is 0 Å². The summed E-state index contributed by atoms with van der Waals surface area (Å²) < 4.78 is 10.4. The monoisotopic (exact) mass is 509 g/mol. The Morgan fingerprint density at radius 2 is 1.89 bits per heavy atom. The lowest BCUT2D eigenvalue weighted by Crippen LogP contribution is -2.22. The van der Waals surface area contributed by atoms with Gasteiger partial charge < -0.3 is 14.8 Å². The van der Waals surface area contributed by atoms with Crippen LogP contribution in [0.5, 0.6) is 5.88 Å². The minimum absolute atomic E-state index is 0.146. The number of carbonyl (C=O) groups is 1. The van der Waals surface area contributed by atoms with E-state index in [0.29, 0.717) is 30.5 Å². The third-order valence-corrected chi connectivity index (χ3v) is 6.34. The number of rotatable bonds is 12. The Morgan fingerprint density at radius 3 is 2.51 bits per heavy atom. The molecular weight excluding hydrogens is 482 g/mol. The zero-order chi connectivity index (χ0) is 25.0. The van der Waals surface area contributed by atoms with Crippen molar-refractivity contribution >= 4 is 41.8 Å². The molecule has 35 heavy (non-hydrogen) atoms. The molecule has 1 N–H and O–H groups in total. The summed E-state index contributed by atoms with van der Waals surface area (Å²) in [5.41, 5.74) is 4.49. The Morgan fingerprint density at radius 1 is 1.14 bits per heavy atom. The van der Waals surface area contributed by atoms with Crippen LogP contribution in [-0.2, 0) is 4.74 Å². The number of methoxy groups -OCH3 is 1. The van der Waals surface area contributed by atoms with Crippen molar-refractivity contribution in [2.45, 2.75) is 23.8 Å². The molecule has 0 radical (unpaired) electrons. The van der Waals surface area contributed by atoms with Crippen LogP contribution in [0.4, 0.5) is 0 Å². The number of aryl methyl sites for hydroxylation is 2. The van der Waals surface area contributed by atoms with Crippen LogP contribution in [0.25, 0.3) is 5.70 Å². The van der Waals surface area contributed by atoms with Gasteiger partial charge in [-0.15, -0.1) is 11.8 Å². The van der Waals surface area contributed by atoms with Gasteiger partial charge >= 0.3 is 0 Å². The molecule has 0 fully saturated rings. The molecule has 2 heterocycles. The number of aliphatic imine (C=N–C) groups is 1. The molecular formula is C25H27N5O3S2. The fraction of sp³-hybridized carbons (Fsp3) is 0.240. The Balaban J connectivity index is 1.62. The van der Waals surface area contributed by atoms with E-state index in [0.717, 1.165) is 32.3 Å². The lowest BCUT2D eigenvalue weighted by Gasteiger charge is -2.13. The molecule has 0 spiro atoms. The van der Waals surface area contributed by atoms with Crippen molar-refractivity contribution in [1.82, 2.24) is 20.3 Å². The van der Waals surface area contributed by atoms with E-state index in [1.165, 1.54) is 23.5 Å². The summed E-state index contributed by atoms with van der Waals surface area (Å²) in [5, 5.41) is 5.56. The average molecular weight is 510 g/mol. The van der Waals surface area contributed by atoms with E-state index in [-0.39, 0.29) is 5.91 Å². The van der Waals surface area contributed by atoms with Crippen LogP contribution in [0.2, 0.25) is 0 Å². The van der Waals surface area contributed by atoms with Gasteiger partial charge in [0.1, 0.15) is 11.6 Å². The number of thioether (sulfide) groups is 1. The largest absolute Gasteiger partial charge is 0.474 e. The highest BCUT2D eigenvalue weighted by Crippen LogP contribution is 2.33. The predicted molar refractivity (Wildman–Crippen MR) is 141 cm³/mol. The molecule has 0 bridgehead atoms. The van der Waals surface area contributed by atoms with E-state index in [4.69, 9.17) is 9.47 Å². The summed E-state index contributed by atoms with van der Waals surface area (Å²) in [6.45, 7) is 8.75. The first-order chi connectivity index (χ1) is 17.0. The highest BCUT2D eigenvalue weighted by atomic mass is 32.2. The number of nitrogens with one attached hydrogen (secondary N) is 1. The molecule has 8 nitrogen and oxygen atoms in total. The first kappa shape index (κ1) is 26.4. The number of ether oxygens (including phenoxy) is 2. The van der Waals surface area contributed by atoms with Crippen LogP contribution in [0, 0.1) is 13.8 Å². The molecule has 0 unspecified atom stereocenters. The Kier molecular flexibility index (Phi) is 10.3. The molecule has 0 aliphatic heterocycles. The van der Waals surface area contributed by atoms with Crippen molar-refractivity contribution in [2.24, 2.45) is 4.99 Å². The van der Waals surface area contributed by atoms with Gasteiger partial charge in [-0.3, -0.25) is 14.8 Å². The first-order valence-electron chi connectivity index (χ1n) is 10.7. The van der Waals surface area contributed by atoms with E-state index in [1.807, 2.05) is 19.3 Å². The van der Waals surface area contributed by atoms with Crippen molar-refractivity contribution in [3.8, 4) is 5.88 Å². The summed E-state index contributed by atoms with van der Waals surface area (Å²) in [7, 11) is 1.62. The van der Waals surface area contributed by atoms with E-state index in [9.17, 15) is 4.79 Å². The number of benzene rings is 1. The summed E-state index contributed by atoms with van der Waals surface area (Å²) in [6.07, 6.45) is 6.49. The maximum Gasteiger partial charge on any atom is 0.252 e. The zero-order valence-electron chi connectivity index (χ0n) is 19.9. The molecule has 0 aliphatic carbocycles. The van der Waals surface area contributed by atoms with Crippen LogP contribution in [0.3, 0.4) is 0 Å². The summed E-state index contributed by atoms with van der Waals surface area (Å²) in [5.74, 6) is 0.735. The number of hydrogen-bond donors (Lipinski definition) is 1. The molecule has 0 aliphatic rings. The lowest BCUT2D eigenvalue weighted by molar-refractivity contribution is 0.0961. The smallest absolute Gasteiger partial charge is 0.252 e. The number of aromatic nitrogens is 3. The number of pyridine rings is 1. The van der Waals surface area contributed by atoms with Crippen molar-refractivity contribution in [1.29, 1.82) is 0 Å². The Labute approximate surface area is 213 Å². The molecule has 0 atom stereocenters. The molecule has 3 rings (SSSR count). The van der Waals surface area contributed by atoms with Gasteiger partial charge in [-0.25, -0.2) is 9.97 Å². The molecule has 0 saturated carbocycles. The van der Waals surface area contributed by atoms with Gasteiger partial charge in [0.05, 0.1) is 30.6 Å². The minimum Gasteiger partial charge on any atom is -0.474 e. The maximum absolute atomic E-state index is 12.2. The normalized spacial score (nSPS) is 11.2. The van der Waals surface area contributed by atoms with Gasteiger partial charge in [0.2, 0.25) is 5.88 Å². The number of hydrogen-bond acceptors (Lipinski definition) is 9. The SMILES string of the molecule is C=N/C(=C\SCNC(=O)c1ccncc1)c1c(C)cc(Sc2cnc(OCCOC)cn2)cc1C. The Bertz CT molecular complexity index is 1150. The van der Waals surface area contributed by atoms with Gasteiger partial charge in [-0.05, 0) is 61.4 Å². The average Bonchev–Trinajstić information content (AvgIpc) is 2.86. The van der Waals surface area contributed by atoms with Gasteiger partial charge in [0, 0.05) is 35.5 Å². The van der Waals surface area contributed by atoms with Crippen LogP contribution >= 0.6 is 23.5 Å². The summed E-state index contributed by atoms with van der Waals surface area (Å²) in [4.78, 5) is 30.1. The zero-order valence-corrected chi connectivity index (χ0v) is 21.5. The van der Waals surface area contributed by atoms with Crippen LogP contribution < -0.4 is 10.1 Å². The summed E-state index contributed by atoms with van der Waals surface area (Å²) >= 11 is 2.98. The minimum atomic E-state index is -0.146. The molecule has 2 aromatic heterocycles. The molecule has 0 saturated heterocycles. The van der Waals surface area contributed by atoms with Gasteiger partial charge in [-0.2, -0.15) is 0 Å². The van der Waals surface area contributed by atoms with Crippen molar-refractivity contribution in [2.75, 3.05) is 26.2 Å². The van der Waals surface area contributed by atoms with Crippen LogP contribution in [0.15, 0.2) is 69.4 Å². The number of amides is 1. The lowest BCUT2D eigenvalue weighted by atomic mass is 10.0. The molecule has 1 amide bonds. The predicted octanol–water partition coefficient (Wildman–Crippen LogP) is 4.78. The molecule has 10 heteroatoms. The van der Waals surface area contributed by atoms with E-state index >= 15 is 0 Å². The van der Waals surface area contributed by atoms with Gasteiger partial charge in [0.25, 0.3) is 5.91 Å². The van der Waals surface area contributed by atoms with Crippen LogP contribution in [-0.4, -0.2) is 53.8 Å². The number of carbonyl (C=O) groups excluding carboxylic acids is 1. The molecule has 3 aromatic rings. The van der Waals surface area contributed by atoms with E-state index in [2.05, 4.69) is 44.1 Å². The number of nitrogens with zero attached hydrogens (tertiary/aromatic N) is 4. The second-order valence-corrected chi connectivity index (χ2v) is 9.23. The van der Waals surface area contributed by atoms with Crippen molar-refractivity contribution in [3.63, 3.8) is 0 Å². The van der Waals surface area contributed by atoms with Crippen LogP contribution in [0.1, 0.15) is 27.0 Å². The second kappa shape index (κ2) is 13.6. The third-order valence-electron chi connectivity index (χ3n) is 4.75. The quantitative estimate of drug-likeness (QED) is 0.212.